The third-order valence-electron chi connectivity index (χ3n) is 3.48. The van der Waals surface area contributed by atoms with E-state index in [1.165, 1.54) is 35.2 Å². The molecular weight excluding hydrogens is 395 g/mol. The largest absolute Gasteiger partial charge is 0.416 e. The van der Waals surface area contributed by atoms with Crippen LogP contribution >= 0.6 is 23.1 Å². The summed E-state index contributed by atoms with van der Waals surface area (Å²) in [6, 6.07) is 13.9. The lowest BCUT2D eigenvalue weighted by Crippen LogP contribution is -2.15. The molecule has 0 fully saturated rings. The Morgan fingerprint density at radius 3 is 2.59 bits per heavy atom. The minimum absolute atomic E-state index is 0.0113. The number of thiazole rings is 1. The average Bonchev–Trinajstić information content (AvgIpc) is 3.01. The number of hydrogen-bond acceptors (Lipinski definition) is 5. The number of thioether (sulfide) groups is 1. The molecule has 0 aliphatic rings. The molecule has 1 aromatic heterocycles. The van der Waals surface area contributed by atoms with E-state index in [0.717, 1.165) is 17.7 Å². The Bertz CT molecular complexity index is 943. The van der Waals surface area contributed by atoms with Crippen molar-refractivity contribution in [3.05, 3.63) is 60.2 Å². The molecular formula is C18H14F3N3OS2. The van der Waals surface area contributed by atoms with Crippen LogP contribution in [0.5, 0.6) is 0 Å². The monoisotopic (exact) mass is 409 g/mol. The van der Waals surface area contributed by atoms with Crippen LogP contribution in [-0.4, -0.2) is 16.6 Å². The number of nitrogens with two attached hydrogens (primary N) is 1. The Kier molecular flexibility index (Phi) is 5.71. The first-order valence-electron chi connectivity index (χ1n) is 7.74. The van der Waals surface area contributed by atoms with Gasteiger partial charge in [-0.05, 0) is 18.2 Å². The highest BCUT2D eigenvalue weighted by Gasteiger charge is 2.30. The molecule has 4 nitrogen and oxygen atoms in total. The second-order valence-corrected chi connectivity index (χ2v) is 7.73. The van der Waals surface area contributed by atoms with Gasteiger partial charge < -0.3 is 11.1 Å². The maximum absolute atomic E-state index is 12.7. The highest BCUT2D eigenvalue weighted by Crippen LogP contribution is 2.35. The molecule has 3 N–H and O–H groups in total. The average molecular weight is 409 g/mol. The summed E-state index contributed by atoms with van der Waals surface area (Å²) in [6.45, 7) is 0. The molecule has 0 radical (unpaired) electrons. The topological polar surface area (TPSA) is 68.0 Å². The number of nitrogens with zero attached hydrogens (tertiary/aromatic N) is 1. The molecule has 0 aliphatic carbocycles. The van der Waals surface area contributed by atoms with Gasteiger partial charge in [0, 0.05) is 11.3 Å². The van der Waals surface area contributed by atoms with Crippen LogP contribution in [-0.2, 0) is 11.0 Å². The number of rotatable bonds is 5. The molecule has 3 rings (SSSR count). The Balaban J connectivity index is 1.62. The normalized spacial score (nSPS) is 11.4. The summed E-state index contributed by atoms with van der Waals surface area (Å²) < 4.78 is 38.8. The Hall–Kier alpha value is -2.52. The van der Waals surface area contributed by atoms with Crippen LogP contribution in [0.15, 0.2) is 58.9 Å². The molecule has 0 saturated heterocycles. The van der Waals surface area contributed by atoms with E-state index in [1.54, 1.807) is 0 Å². The van der Waals surface area contributed by atoms with Crippen molar-refractivity contribution in [2.24, 2.45) is 0 Å². The fraction of sp³-hybridized carbons (Fsp3) is 0.111. The smallest absolute Gasteiger partial charge is 0.389 e. The molecule has 1 amide bonds. The van der Waals surface area contributed by atoms with Crippen molar-refractivity contribution >= 4 is 39.7 Å². The number of aromatic nitrogens is 1. The van der Waals surface area contributed by atoms with Gasteiger partial charge in [0.25, 0.3) is 0 Å². The van der Waals surface area contributed by atoms with E-state index in [9.17, 15) is 18.0 Å². The van der Waals surface area contributed by atoms with E-state index < -0.39 is 17.6 Å². The summed E-state index contributed by atoms with van der Waals surface area (Å²) in [5.74, 6) is -0.411. The predicted molar refractivity (Wildman–Crippen MR) is 103 cm³/mol. The summed E-state index contributed by atoms with van der Waals surface area (Å²) in [5, 5.41) is 3.01. The van der Waals surface area contributed by atoms with Gasteiger partial charge in [0.1, 0.15) is 10.7 Å². The highest BCUT2D eigenvalue weighted by molar-refractivity contribution is 8.01. The minimum atomic E-state index is -4.46. The van der Waals surface area contributed by atoms with Gasteiger partial charge in [-0.1, -0.05) is 59.5 Å². The molecule has 27 heavy (non-hydrogen) atoms. The molecule has 0 atom stereocenters. The number of hydrogen-bond donors (Lipinski definition) is 2. The highest BCUT2D eigenvalue weighted by atomic mass is 32.2. The zero-order valence-electron chi connectivity index (χ0n) is 13.8. The van der Waals surface area contributed by atoms with Gasteiger partial charge in [0.15, 0.2) is 4.34 Å². The van der Waals surface area contributed by atoms with Crippen LogP contribution in [0.1, 0.15) is 5.56 Å². The second kappa shape index (κ2) is 8.01. The van der Waals surface area contributed by atoms with E-state index in [4.69, 9.17) is 5.73 Å². The fourth-order valence-electron chi connectivity index (χ4n) is 2.27. The van der Waals surface area contributed by atoms with Crippen molar-refractivity contribution in [1.82, 2.24) is 4.98 Å². The number of anilines is 2. The first-order chi connectivity index (χ1) is 12.8. The lowest BCUT2D eigenvalue weighted by Gasteiger charge is -2.09. The fourth-order valence-corrected chi connectivity index (χ4v) is 4.02. The lowest BCUT2D eigenvalue weighted by molar-refractivity contribution is -0.137. The number of halogens is 3. The maximum Gasteiger partial charge on any atom is 0.416 e. The van der Waals surface area contributed by atoms with Gasteiger partial charge in [-0.15, -0.1) is 0 Å². The molecule has 0 saturated carbocycles. The summed E-state index contributed by atoms with van der Waals surface area (Å²) in [4.78, 5) is 16.5. The quantitative estimate of drug-likeness (QED) is 0.573. The third kappa shape index (κ3) is 5.01. The van der Waals surface area contributed by atoms with Crippen LogP contribution in [0.2, 0.25) is 0 Å². The van der Waals surface area contributed by atoms with E-state index in [-0.39, 0.29) is 11.4 Å². The van der Waals surface area contributed by atoms with Gasteiger partial charge in [-0.25, -0.2) is 4.98 Å². The van der Waals surface area contributed by atoms with Crippen molar-refractivity contribution in [2.45, 2.75) is 10.5 Å². The van der Waals surface area contributed by atoms with Gasteiger partial charge in [0.05, 0.1) is 11.3 Å². The number of benzene rings is 2. The number of amides is 1. The SMILES string of the molecule is Nc1sc(SCC(=O)Nc2cccc(C(F)(F)F)c2)nc1-c1ccccc1. The number of carbonyl (C=O) groups is 1. The molecule has 0 spiro atoms. The first kappa shape index (κ1) is 19.2. The molecule has 9 heteroatoms. The molecule has 1 heterocycles. The van der Waals surface area contributed by atoms with Crippen molar-refractivity contribution in [3.8, 4) is 11.3 Å². The molecule has 0 unspecified atom stereocenters. The Morgan fingerprint density at radius 1 is 1.15 bits per heavy atom. The van der Waals surface area contributed by atoms with Gasteiger partial charge >= 0.3 is 6.18 Å². The number of nitrogens with one attached hydrogen (secondary N) is 1. The zero-order chi connectivity index (χ0) is 19.4. The molecule has 3 aromatic rings. The van der Waals surface area contributed by atoms with E-state index in [0.29, 0.717) is 15.0 Å². The summed E-state index contributed by atoms with van der Waals surface area (Å²) in [5.41, 5.74) is 6.82. The number of nitrogen functional groups attached to an aromatic ring is 1. The van der Waals surface area contributed by atoms with Gasteiger partial charge in [0.2, 0.25) is 5.91 Å². The molecule has 0 bridgehead atoms. The Morgan fingerprint density at radius 2 is 1.89 bits per heavy atom. The van der Waals surface area contributed by atoms with Gasteiger partial charge in [-0.2, -0.15) is 13.2 Å². The molecule has 140 valence electrons. The minimum Gasteiger partial charge on any atom is -0.389 e. The predicted octanol–water partition coefficient (Wildman–Crippen LogP) is 5.14. The van der Waals surface area contributed by atoms with Crippen molar-refractivity contribution < 1.29 is 18.0 Å². The number of alkyl halides is 3. The second-order valence-electron chi connectivity index (χ2n) is 5.47. The maximum atomic E-state index is 12.7. The standard InChI is InChI=1S/C18H14F3N3OS2/c19-18(20,21)12-7-4-8-13(9-12)23-14(25)10-26-17-24-15(16(22)27-17)11-5-2-1-3-6-11/h1-9H,10,22H2,(H,23,25). The van der Waals surface area contributed by atoms with E-state index in [2.05, 4.69) is 10.3 Å². The number of carbonyl (C=O) groups excluding carboxylic acids is 1. The summed E-state index contributed by atoms with van der Waals surface area (Å²) in [7, 11) is 0. The van der Waals surface area contributed by atoms with E-state index in [1.807, 2.05) is 30.3 Å². The van der Waals surface area contributed by atoms with Crippen LogP contribution in [0.4, 0.5) is 23.9 Å². The van der Waals surface area contributed by atoms with Crippen LogP contribution < -0.4 is 11.1 Å². The Labute approximate surface area is 161 Å². The van der Waals surface area contributed by atoms with Crippen molar-refractivity contribution in [1.29, 1.82) is 0 Å². The third-order valence-corrected chi connectivity index (χ3v) is 5.51. The zero-order valence-corrected chi connectivity index (χ0v) is 15.4. The van der Waals surface area contributed by atoms with Crippen molar-refractivity contribution in [2.75, 3.05) is 16.8 Å². The summed E-state index contributed by atoms with van der Waals surface area (Å²) in [6.07, 6.45) is -4.46. The molecule has 0 aliphatic heterocycles. The van der Waals surface area contributed by atoms with E-state index >= 15 is 0 Å². The van der Waals surface area contributed by atoms with Crippen molar-refractivity contribution in [3.63, 3.8) is 0 Å². The first-order valence-corrected chi connectivity index (χ1v) is 9.55. The van der Waals surface area contributed by atoms with Gasteiger partial charge in [-0.3, -0.25) is 4.79 Å². The van der Waals surface area contributed by atoms with Crippen LogP contribution in [0.25, 0.3) is 11.3 Å². The van der Waals surface area contributed by atoms with Crippen LogP contribution in [0.3, 0.4) is 0 Å². The summed E-state index contributed by atoms with van der Waals surface area (Å²) >= 11 is 2.44. The molecule has 2 aromatic carbocycles. The van der Waals surface area contributed by atoms with Crippen LogP contribution in [0, 0.1) is 0 Å². The lowest BCUT2D eigenvalue weighted by atomic mass is 10.2.